The number of hydrazone groups is 1. The number of amides is 1. The van der Waals surface area contributed by atoms with Gasteiger partial charge in [0.25, 0.3) is 0 Å². The van der Waals surface area contributed by atoms with E-state index >= 15 is 0 Å². The van der Waals surface area contributed by atoms with Gasteiger partial charge in [-0.1, -0.05) is 72.4 Å². The first-order chi connectivity index (χ1) is 15.7. The molecular formula is C23H20N6OS2. The highest BCUT2D eigenvalue weighted by molar-refractivity contribution is 8.02. The van der Waals surface area contributed by atoms with Gasteiger partial charge in [-0.15, -0.1) is 11.3 Å². The molecule has 32 heavy (non-hydrogen) atoms. The second-order valence-corrected chi connectivity index (χ2v) is 8.95. The van der Waals surface area contributed by atoms with Crippen LogP contribution in [0.2, 0.25) is 0 Å². The van der Waals surface area contributed by atoms with Crippen LogP contribution >= 0.6 is 23.1 Å². The lowest BCUT2D eigenvalue weighted by Gasteiger charge is -2.19. The Labute approximate surface area is 194 Å². The maximum absolute atomic E-state index is 13.3. The SMILES string of the molecule is CN1C=CSC1NC/N=C1/C(=O)N(c2nc(-c3ccccc3)cs2)N=C1c1ccccc1. The van der Waals surface area contributed by atoms with Crippen LogP contribution in [0.25, 0.3) is 11.3 Å². The van der Waals surface area contributed by atoms with Gasteiger partial charge in [-0.25, -0.2) is 4.98 Å². The summed E-state index contributed by atoms with van der Waals surface area (Å²) in [5.74, 6) is -0.273. The predicted molar refractivity (Wildman–Crippen MR) is 132 cm³/mol. The van der Waals surface area contributed by atoms with Crippen molar-refractivity contribution in [2.75, 3.05) is 18.7 Å². The van der Waals surface area contributed by atoms with E-state index < -0.39 is 0 Å². The molecule has 9 heteroatoms. The van der Waals surface area contributed by atoms with Gasteiger partial charge in [-0.2, -0.15) is 10.1 Å². The molecule has 1 amide bonds. The van der Waals surface area contributed by atoms with Gasteiger partial charge in [0.05, 0.1) is 12.4 Å². The fourth-order valence-corrected chi connectivity index (χ4v) is 4.96. The lowest BCUT2D eigenvalue weighted by Crippen LogP contribution is -2.36. The smallest absolute Gasteiger partial charge is 0.301 e. The van der Waals surface area contributed by atoms with E-state index in [0.717, 1.165) is 16.8 Å². The number of thiazole rings is 1. The van der Waals surface area contributed by atoms with E-state index in [1.165, 1.54) is 16.3 Å². The van der Waals surface area contributed by atoms with Crippen LogP contribution in [0.1, 0.15) is 5.56 Å². The third kappa shape index (κ3) is 4.10. The molecule has 2 aliphatic rings. The van der Waals surface area contributed by atoms with Crippen molar-refractivity contribution >= 4 is 45.6 Å². The molecule has 0 saturated heterocycles. The molecule has 5 rings (SSSR count). The van der Waals surface area contributed by atoms with Gasteiger partial charge in [0.1, 0.15) is 11.2 Å². The topological polar surface area (TPSA) is 73.2 Å². The van der Waals surface area contributed by atoms with Crippen molar-refractivity contribution < 1.29 is 4.79 Å². The van der Waals surface area contributed by atoms with Gasteiger partial charge in [0.15, 0.2) is 5.71 Å². The first-order valence-electron chi connectivity index (χ1n) is 10.0. The Morgan fingerprint density at radius 3 is 2.47 bits per heavy atom. The molecule has 0 fully saturated rings. The predicted octanol–water partition coefficient (Wildman–Crippen LogP) is 3.98. The molecule has 1 unspecified atom stereocenters. The monoisotopic (exact) mass is 460 g/mol. The van der Waals surface area contributed by atoms with Gasteiger partial charge < -0.3 is 4.90 Å². The maximum atomic E-state index is 13.3. The number of aliphatic imine (C=N–C) groups is 1. The van der Waals surface area contributed by atoms with E-state index in [-0.39, 0.29) is 11.4 Å². The van der Waals surface area contributed by atoms with Gasteiger partial charge in [-0.05, 0) is 5.41 Å². The third-order valence-electron chi connectivity index (χ3n) is 4.99. The normalized spacial score (nSPS) is 19.3. The van der Waals surface area contributed by atoms with Crippen LogP contribution in [0.3, 0.4) is 0 Å². The lowest BCUT2D eigenvalue weighted by atomic mass is 10.1. The zero-order valence-electron chi connectivity index (χ0n) is 17.3. The number of hydrogen-bond donors (Lipinski definition) is 1. The number of hydrogen-bond acceptors (Lipinski definition) is 8. The molecule has 0 saturated carbocycles. The second kappa shape index (κ2) is 9.07. The minimum Gasteiger partial charge on any atom is -0.356 e. The molecule has 1 N–H and O–H groups in total. The van der Waals surface area contributed by atoms with E-state index in [1.54, 1.807) is 11.8 Å². The van der Waals surface area contributed by atoms with Crippen LogP contribution in [0.15, 0.2) is 87.7 Å². The Balaban J connectivity index is 1.43. The molecule has 1 aromatic heterocycles. The molecule has 0 spiro atoms. The fourth-order valence-electron chi connectivity index (χ4n) is 3.33. The number of nitrogens with zero attached hydrogens (tertiary/aromatic N) is 5. The number of aromatic nitrogens is 1. The van der Waals surface area contributed by atoms with Crippen LogP contribution in [-0.4, -0.2) is 46.4 Å². The molecule has 160 valence electrons. The van der Waals surface area contributed by atoms with Crippen LogP contribution in [0, 0.1) is 0 Å². The summed E-state index contributed by atoms with van der Waals surface area (Å²) in [6, 6.07) is 19.5. The first-order valence-corrected chi connectivity index (χ1v) is 11.8. The standard InChI is InChI=1S/C23H20N6OS2/c1-28-12-13-31-22(28)25-15-24-20-19(17-10-6-3-7-11-17)27-29(21(20)30)23-26-18(14-32-23)16-8-4-2-5-9-16/h2-14,22,25H,15H2,1H3/b24-20+. The minimum atomic E-state index is -0.273. The van der Waals surface area contributed by atoms with E-state index in [0.29, 0.717) is 23.2 Å². The maximum Gasteiger partial charge on any atom is 0.301 e. The number of carbonyl (C=O) groups excluding carboxylic acids is 1. The van der Waals surface area contributed by atoms with Crippen LogP contribution in [0.5, 0.6) is 0 Å². The molecule has 2 aromatic carbocycles. The van der Waals surface area contributed by atoms with Crippen molar-refractivity contribution in [2.24, 2.45) is 10.1 Å². The summed E-state index contributed by atoms with van der Waals surface area (Å²) in [5.41, 5.74) is 3.64. The number of carbonyl (C=O) groups is 1. The molecular weight excluding hydrogens is 440 g/mol. The van der Waals surface area contributed by atoms with Crippen LogP contribution < -0.4 is 10.3 Å². The van der Waals surface area contributed by atoms with Crippen molar-refractivity contribution in [1.82, 2.24) is 15.2 Å². The summed E-state index contributed by atoms with van der Waals surface area (Å²) in [6.45, 7) is 0.303. The largest absolute Gasteiger partial charge is 0.356 e. The highest BCUT2D eigenvalue weighted by atomic mass is 32.2. The van der Waals surface area contributed by atoms with Crippen molar-refractivity contribution in [1.29, 1.82) is 0 Å². The Bertz CT molecular complexity index is 1210. The zero-order valence-corrected chi connectivity index (χ0v) is 18.9. The van der Waals surface area contributed by atoms with E-state index in [4.69, 9.17) is 0 Å². The van der Waals surface area contributed by atoms with Crippen LogP contribution in [0.4, 0.5) is 5.13 Å². The minimum absolute atomic E-state index is 0.0939. The number of rotatable bonds is 6. The quantitative estimate of drug-likeness (QED) is 0.602. The summed E-state index contributed by atoms with van der Waals surface area (Å²) in [6.07, 6.45) is 2.00. The average Bonchev–Trinajstić information content (AvgIpc) is 3.55. The Morgan fingerprint density at radius 2 is 1.78 bits per heavy atom. The lowest BCUT2D eigenvalue weighted by molar-refractivity contribution is -0.112. The Morgan fingerprint density at radius 1 is 1.06 bits per heavy atom. The van der Waals surface area contributed by atoms with E-state index in [1.807, 2.05) is 84.7 Å². The summed E-state index contributed by atoms with van der Waals surface area (Å²) in [4.78, 5) is 24.6. The van der Waals surface area contributed by atoms with Gasteiger partial charge in [0.2, 0.25) is 5.13 Å². The third-order valence-corrected chi connectivity index (χ3v) is 6.84. The Kier molecular flexibility index (Phi) is 5.85. The average molecular weight is 461 g/mol. The van der Waals surface area contributed by atoms with Gasteiger partial charge >= 0.3 is 5.91 Å². The summed E-state index contributed by atoms with van der Waals surface area (Å²) in [7, 11) is 1.99. The number of anilines is 1. The molecule has 1 atom stereocenters. The highest BCUT2D eigenvalue weighted by Crippen LogP contribution is 2.30. The number of benzene rings is 2. The van der Waals surface area contributed by atoms with Crippen molar-refractivity contribution in [3.8, 4) is 11.3 Å². The highest BCUT2D eigenvalue weighted by Gasteiger charge is 2.35. The van der Waals surface area contributed by atoms with E-state index in [2.05, 4.69) is 25.3 Å². The fraction of sp³-hybridized carbons (Fsp3) is 0.130. The first kappa shape index (κ1) is 20.6. The van der Waals surface area contributed by atoms with E-state index in [9.17, 15) is 4.79 Å². The molecule has 0 aliphatic carbocycles. The number of nitrogens with one attached hydrogen (secondary N) is 1. The van der Waals surface area contributed by atoms with Gasteiger partial charge in [-0.3, -0.25) is 15.1 Å². The Hall–Kier alpha value is -3.27. The summed E-state index contributed by atoms with van der Waals surface area (Å²) in [5, 5.41) is 13.8. The van der Waals surface area contributed by atoms with Crippen molar-refractivity contribution in [3.05, 3.63) is 83.2 Å². The molecule has 0 radical (unpaired) electrons. The van der Waals surface area contributed by atoms with Gasteiger partial charge in [0, 0.05) is 29.8 Å². The molecule has 0 bridgehead atoms. The van der Waals surface area contributed by atoms with Crippen LogP contribution in [-0.2, 0) is 4.79 Å². The molecule has 7 nitrogen and oxygen atoms in total. The number of thioether (sulfide) groups is 1. The summed E-state index contributed by atoms with van der Waals surface area (Å²) < 4.78 is 0. The second-order valence-electron chi connectivity index (χ2n) is 7.12. The zero-order chi connectivity index (χ0) is 21.9. The summed E-state index contributed by atoms with van der Waals surface area (Å²) >= 11 is 3.05. The molecule has 2 aliphatic heterocycles. The van der Waals surface area contributed by atoms with Crippen molar-refractivity contribution in [3.63, 3.8) is 0 Å². The molecule has 3 heterocycles. The molecule has 3 aromatic rings. The van der Waals surface area contributed by atoms with Crippen molar-refractivity contribution in [2.45, 2.75) is 5.50 Å².